The van der Waals surface area contributed by atoms with Gasteiger partial charge in [0.2, 0.25) is 0 Å². The maximum absolute atomic E-state index is 10.6. The number of benzene rings is 1. The van der Waals surface area contributed by atoms with E-state index in [2.05, 4.69) is 45.1 Å². The fourth-order valence-electron chi connectivity index (χ4n) is 2.34. The van der Waals surface area contributed by atoms with E-state index < -0.39 is 5.97 Å². The number of carbonyl (C=O) groups is 1. The van der Waals surface area contributed by atoms with Crippen LogP contribution < -0.4 is 0 Å². The predicted octanol–water partition coefficient (Wildman–Crippen LogP) is 3.48. The van der Waals surface area contributed by atoms with Crippen LogP contribution in [-0.2, 0) is 4.79 Å². The number of halogens is 1. The van der Waals surface area contributed by atoms with Gasteiger partial charge in [-0.3, -0.25) is 9.69 Å². The molecule has 19 heavy (non-hydrogen) atoms. The summed E-state index contributed by atoms with van der Waals surface area (Å²) in [7, 11) is 0. The highest BCUT2D eigenvalue weighted by Gasteiger charge is 2.24. The third-order valence-electron chi connectivity index (χ3n) is 3.37. The largest absolute Gasteiger partial charge is 0.481 e. The lowest BCUT2D eigenvalue weighted by molar-refractivity contribution is -0.137. The number of nitrogens with zero attached hydrogens (tertiary/aromatic N) is 1. The van der Waals surface area contributed by atoms with Crippen LogP contribution in [0.3, 0.4) is 0 Å². The summed E-state index contributed by atoms with van der Waals surface area (Å²) in [5, 5.41) is 8.76. The zero-order valence-corrected chi connectivity index (χ0v) is 13.1. The Morgan fingerprint density at radius 2 is 2.16 bits per heavy atom. The summed E-state index contributed by atoms with van der Waals surface area (Å²) in [5.41, 5.74) is 0. The molecule has 1 aromatic rings. The molecule has 3 nitrogen and oxygen atoms in total. The van der Waals surface area contributed by atoms with Crippen molar-refractivity contribution in [1.82, 2.24) is 4.90 Å². The quantitative estimate of drug-likeness (QED) is 0.802. The van der Waals surface area contributed by atoms with Gasteiger partial charge in [-0.25, -0.2) is 0 Å². The van der Waals surface area contributed by atoms with Crippen LogP contribution in [0.5, 0.6) is 0 Å². The van der Waals surface area contributed by atoms with Crippen LogP contribution >= 0.6 is 27.7 Å². The number of carboxylic acid groups (broad SMARTS) is 1. The molecule has 0 aromatic heterocycles. The molecule has 5 heteroatoms. The van der Waals surface area contributed by atoms with E-state index >= 15 is 0 Å². The summed E-state index contributed by atoms with van der Waals surface area (Å²) in [4.78, 5) is 14.2. The van der Waals surface area contributed by atoms with Gasteiger partial charge in [-0.1, -0.05) is 15.9 Å². The Balaban J connectivity index is 1.80. The monoisotopic (exact) mass is 343 g/mol. The normalized spacial score (nSPS) is 19.7. The SMILES string of the molecule is O=C(O)CCN1CCC[C@H]1CSc1ccc(Br)cc1. The number of likely N-dealkylation sites (tertiary alicyclic amines) is 1. The maximum Gasteiger partial charge on any atom is 0.304 e. The van der Waals surface area contributed by atoms with Gasteiger partial charge in [-0.05, 0) is 43.7 Å². The van der Waals surface area contributed by atoms with Crippen LogP contribution in [0.15, 0.2) is 33.6 Å². The molecule has 0 spiro atoms. The fraction of sp³-hybridized carbons (Fsp3) is 0.500. The Morgan fingerprint density at radius 1 is 1.42 bits per heavy atom. The standard InChI is InChI=1S/C14H18BrNO2S/c15-11-3-5-13(6-4-11)19-10-12-2-1-8-16(12)9-7-14(17)18/h3-6,12H,1-2,7-10H2,(H,17,18)/t12-/m0/s1. The summed E-state index contributed by atoms with van der Waals surface area (Å²) in [6, 6.07) is 8.86. The van der Waals surface area contributed by atoms with Crippen molar-refractivity contribution in [3.8, 4) is 0 Å². The first-order valence-corrected chi connectivity index (χ1v) is 8.27. The first-order chi connectivity index (χ1) is 9.15. The lowest BCUT2D eigenvalue weighted by Crippen LogP contribution is -2.33. The van der Waals surface area contributed by atoms with Crippen molar-refractivity contribution in [2.24, 2.45) is 0 Å². The molecule has 1 heterocycles. The predicted molar refractivity (Wildman–Crippen MR) is 81.7 cm³/mol. The molecule has 1 saturated heterocycles. The molecular formula is C14H18BrNO2S. The molecule has 1 fully saturated rings. The zero-order chi connectivity index (χ0) is 13.7. The molecule has 1 N–H and O–H groups in total. The Kier molecular flexibility index (Phi) is 5.73. The summed E-state index contributed by atoms with van der Waals surface area (Å²) < 4.78 is 1.10. The van der Waals surface area contributed by atoms with E-state index in [1.54, 1.807) is 0 Å². The van der Waals surface area contributed by atoms with Crippen LogP contribution in [-0.4, -0.2) is 40.9 Å². The molecule has 1 aromatic carbocycles. The second-order valence-corrected chi connectivity index (χ2v) is 6.75. The average Bonchev–Trinajstić information content (AvgIpc) is 2.83. The third-order valence-corrected chi connectivity index (χ3v) is 5.05. The number of hydrogen-bond donors (Lipinski definition) is 1. The minimum absolute atomic E-state index is 0.249. The smallest absolute Gasteiger partial charge is 0.304 e. The molecule has 0 bridgehead atoms. The van der Waals surface area contributed by atoms with E-state index in [1.807, 2.05) is 11.8 Å². The van der Waals surface area contributed by atoms with Crippen molar-refractivity contribution < 1.29 is 9.90 Å². The van der Waals surface area contributed by atoms with Gasteiger partial charge < -0.3 is 5.11 Å². The van der Waals surface area contributed by atoms with Crippen molar-refractivity contribution in [2.75, 3.05) is 18.8 Å². The topological polar surface area (TPSA) is 40.5 Å². The van der Waals surface area contributed by atoms with Crippen LogP contribution in [0, 0.1) is 0 Å². The van der Waals surface area contributed by atoms with Gasteiger partial charge in [0.15, 0.2) is 0 Å². The second kappa shape index (κ2) is 7.31. The minimum Gasteiger partial charge on any atom is -0.481 e. The van der Waals surface area contributed by atoms with E-state index in [0.717, 1.165) is 16.8 Å². The number of carboxylic acids is 1. The van der Waals surface area contributed by atoms with Gasteiger partial charge in [-0.15, -0.1) is 11.8 Å². The van der Waals surface area contributed by atoms with E-state index in [1.165, 1.54) is 17.7 Å². The average molecular weight is 344 g/mol. The molecule has 0 amide bonds. The van der Waals surface area contributed by atoms with Crippen LogP contribution in [0.1, 0.15) is 19.3 Å². The fourth-order valence-corrected chi connectivity index (χ4v) is 3.70. The zero-order valence-electron chi connectivity index (χ0n) is 10.7. The van der Waals surface area contributed by atoms with Crippen LogP contribution in [0.4, 0.5) is 0 Å². The van der Waals surface area contributed by atoms with Crippen molar-refractivity contribution in [1.29, 1.82) is 0 Å². The highest BCUT2D eigenvalue weighted by Crippen LogP contribution is 2.26. The van der Waals surface area contributed by atoms with Crippen molar-refractivity contribution >= 4 is 33.7 Å². The maximum atomic E-state index is 10.6. The van der Waals surface area contributed by atoms with Crippen LogP contribution in [0.25, 0.3) is 0 Å². The van der Waals surface area contributed by atoms with Gasteiger partial charge in [0.1, 0.15) is 0 Å². The lowest BCUT2D eigenvalue weighted by Gasteiger charge is -2.23. The number of hydrogen-bond acceptors (Lipinski definition) is 3. The number of rotatable bonds is 6. The molecular weight excluding hydrogens is 326 g/mol. The number of aliphatic carboxylic acids is 1. The van der Waals surface area contributed by atoms with Crippen molar-refractivity contribution in [2.45, 2.75) is 30.2 Å². The van der Waals surface area contributed by atoms with Gasteiger partial charge in [0.05, 0.1) is 6.42 Å². The van der Waals surface area contributed by atoms with E-state index in [-0.39, 0.29) is 6.42 Å². The second-order valence-electron chi connectivity index (χ2n) is 4.74. The molecule has 104 valence electrons. The summed E-state index contributed by atoms with van der Waals surface area (Å²) in [6.45, 7) is 1.72. The molecule has 1 aliphatic rings. The Hall–Kier alpha value is -0.520. The van der Waals surface area contributed by atoms with Gasteiger partial charge in [0.25, 0.3) is 0 Å². The Labute approximate surface area is 126 Å². The van der Waals surface area contributed by atoms with E-state index in [4.69, 9.17) is 5.11 Å². The van der Waals surface area contributed by atoms with E-state index in [9.17, 15) is 4.79 Å². The first kappa shape index (κ1) is 14.9. The molecule has 1 atom stereocenters. The van der Waals surface area contributed by atoms with Gasteiger partial charge in [-0.2, -0.15) is 0 Å². The summed E-state index contributed by atoms with van der Waals surface area (Å²) >= 11 is 5.29. The highest BCUT2D eigenvalue weighted by atomic mass is 79.9. The van der Waals surface area contributed by atoms with Crippen molar-refractivity contribution in [3.63, 3.8) is 0 Å². The Morgan fingerprint density at radius 3 is 2.84 bits per heavy atom. The van der Waals surface area contributed by atoms with Gasteiger partial charge in [0, 0.05) is 27.7 Å². The molecule has 0 saturated carbocycles. The van der Waals surface area contributed by atoms with Crippen molar-refractivity contribution in [3.05, 3.63) is 28.7 Å². The molecule has 0 aliphatic carbocycles. The van der Waals surface area contributed by atoms with Crippen LogP contribution in [0.2, 0.25) is 0 Å². The van der Waals surface area contributed by atoms with Gasteiger partial charge >= 0.3 is 5.97 Å². The lowest BCUT2D eigenvalue weighted by atomic mass is 10.2. The number of thioether (sulfide) groups is 1. The molecule has 2 rings (SSSR count). The third kappa shape index (κ3) is 4.82. The first-order valence-electron chi connectivity index (χ1n) is 6.49. The minimum atomic E-state index is -0.703. The van der Waals surface area contributed by atoms with E-state index in [0.29, 0.717) is 12.6 Å². The molecule has 1 aliphatic heterocycles. The summed E-state index contributed by atoms with van der Waals surface area (Å²) in [5.74, 6) is 0.340. The highest BCUT2D eigenvalue weighted by molar-refractivity contribution is 9.10. The Bertz CT molecular complexity index is 424. The molecule has 0 unspecified atom stereocenters. The summed E-state index contributed by atoms with van der Waals surface area (Å²) in [6.07, 6.45) is 2.62. The molecule has 0 radical (unpaired) electrons.